The van der Waals surface area contributed by atoms with E-state index in [1.807, 2.05) is 25.7 Å². The molecule has 1 heterocycles. The average Bonchev–Trinajstić information content (AvgIpc) is 3.25. The smallest absolute Gasteiger partial charge is 0.248 e. The Morgan fingerprint density at radius 1 is 1.26 bits per heavy atom. The standard InChI is InChI=1S/C15H24N2O2/c1-4-15(3)14(19)17(9(2)13(18)16-15)12(10-5-6-10)11-7-8-11/h9-12H,4-8H2,1-3H3,(H,16,18). The molecule has 2 amide bonds. The van der Waals surface area contributed by atoms with Crippen LogP contribution < -0.4 is 5.32 Å². The summed E-state index contributed by atoms with van der Waals surface area (Å²) < 4.78 is 0. The van der Waals surface area contributed by atoms with Crippen molar-refractivity contribution >= 4 is 11.8 Å². The number of hydrogen-bond donors (Lipinski definition) is 1. The van der Waals surface area contributed by atoms with Crippen LogP contribution in [0.4, 0.5) is 0 Å². The van der Waals surface area contributed by atoms with Crippen LogP contribution in [0.5, 0.6) is 0 Å². The largest absolute Gasteiger partial charge is 0.340 e. The van der Waals surface area contributed by atoms with Gasteiger partial charge in [-0.3, -0.25) is 9.59 Å². The molecule has 0 bridgehead atoms. The van der Waals surface area contributed by atoms with Gasteiger partial charge in [-0.15, -0.1) is 0 Å². The number of carbonyl (C=O) groups is 2. The highest BCUT2D eigenvalue weighted by Crippen LogP contribution is 2.48. The van der Waals surface area contributed by atoms with Crippen molar-refractivity contribution in [1.82, 2.24) is 10.2 Å². The molecule has 3 rings (SSSR count). The van der Waals surface area contributed by atoms with Gasteiger partial charge >= 0.3 is 0 Å². The number of carbonyl (C=O) groups excluding carboxylic acids is 2. The van der Waals surface area contributed by atoms with Gasteiger partial charge in [0.05, 0.1) is 0 Å². The summed E-state index contributed by atoms with van der Waals surface area (Å²) in [7, 11) is 0. The van der Waals surface area contributed by atoms with Gasteiger partial charge in [0.1, 0.15) is 11.6 Å². The zero-order valence-electron chi connectivity index (χ0n) is 12.1. The molecule has 1 N–H and O–H groups in total. The van der Waals surface area contributed by atoms with Crippen LogP contribution in [-0.2, 0) is 9.59 Å². The normalized spacial score (nSPS) is 35.8. The van der Waals surface area contributed by atoms with Gasteiger partial charge in [-0.2, -0.15) is 0 Å². The topological polar surface area (TPSA) is 49.4 Å². The lowest BCUT2D eigenvalue weighted by atomic mass is 9.89. The molecule has 2 atom stereocenters. The minimum Gasteiger partial charge on any atom is -0.340 e. The van der Waals surface area contributed by atoms with E-state index < -0.39 is 5.54 Å². The Labute approximate surface area is 114 Å². The fourth-order valence-corrected chi connectivity index (χ4v) is 3.36. The van der Waals surface area contributed by atoms with Crippen molar-refractivity contribution < 1.29 is 9.59 Å². The van der Waals surface area contributed by atoms with Crippen LogP contribution in [0.15, 0.2) is 0 Å². The van der Waals surface area contributed by atoms with Crippen molar-refractivity contribution in [2.45, 2.75) is 70.5 Å². The van der Waals surface area contributed by atoms with Crippen LogP contribution in [0, 0.1) is 11.8 Å². The molecule has 0 spiro atoms. The van der Waals surface area contributed by atoms with E-state index >= 15 is 0 Å². The van der Waals surface area contributed by atoms with Crippen LogP contribution in [0.3, 0.4) is 0 Å². The highest BCUT2D eigenvalue weighted by Gasteiger charge is 2.54. The van der Waals surface area contributed by atoms with Crippen LogP contribution in [-0.4, -0.2) is 34.3 Å². The highest BCUT2D eigenvalue weighted by atomic mass is 16.2. The first kappa shape index (κ1) is 12.9. The van der Waals surface area contributed by atoms with E-state index in [1.165, 1.54) is 25.7 Å². The Morgan fingerprint density at radius 3 is 2.21 bits per heavy atom. The Hall–Kier alpha value is -1.06. The first-order valence-electron chi connectivity index (χ1n) is 7.62. The minimum absolute atomic E-state index is 0.00949. The molecule has 2 unspecified atom stereocenters. The zero-order valence-corrected chi connectivity index (χ0v) is 12.1. The van der Waals surface area contributed by atoms with Crippen LogP contribution in [0.25, 0.3) is 0 Å². The molecular weight excluding hydrogens is 240 g/mol. The maximum absolute atomic E-state index is 12.9. The number of piperazine rings is 1. The molecule has 3 fully saturated rings. The molecule has 0 aromatic rings. The van der Waals surface area contributed by atoms with Crippen LogP contribution in [0.2, 0.25) is 0 Å². The number of hydrogen-bond acceptors (Lipinski definition) is 2. The summed E-state index contributed by atoms with van der Waals surface area (Å²) in [4.78, 5) is 27.0. The van der Waals surface area contributed by atoms with Crippen molar-refractivity contribution in [3.8, 4) is 0 Å². The first-order valence-corrected chi connectivity index (χ1v) is 7.62. The van der Waals surface area contributed by atoms with E-state index in [-0.39, 0.29) is 17.9 Å². The third-order valence-corrected chi connectivity index (χ3v) is 5.14. The van der Waals surface area contributed by atoms with Gasteiger partial charge in [0.2, 0.25) is 11.8 Å². The Kier molecular flexibility index (Phi) is 2.88. The average molecular weight is 264 g/mol. The summed E-state index contributed by atoms with van der Waals surface area (Å²) in [6, 6.07) is 0.0118. The quantitative estimate of drug-likeness (QED) is 0.840. The lowest BCUT2D eigenvalue weighted by Gasteiger charge is -2.47. The maximum Gasteiger partial charge on any atom is 0.248 e. The predicted octanol–water partition coefficient (Wildman–Crippen LogP) is 1.69. The third kappa shape index (κ3) is 2.05. The number of rotatable bonds is 4. The number of nitrogens with one attached hydrogen (secondary N) is 1. The van der Waals surface area contributed by atoms with Crippen LogP contribution in [0.1, 0.15) is 52.9 Å². The molecule has 2 saturated carbocycles. The van der Waals surface area contributed by atoms with E-state index in [0.717, 1.165) is 0 Å². The van der Waals surface area contributed by atoms with E-state index in [1.54, 1.807) is 0 Å². The number of nitrogens with zero attached hydrogens (tertiary/aromatic N) is 1. The van der Waals surface area contributed by atoms with Gasteiger partial charge in [0.25, 0.3) is 0 Å². The molecule has 4 heteroatoms. The third-order valence-electron chi connectivity index (χ3n) is 5.14. The maximum atomic E-state index is 12.9. The fourth-order valence-electron chi connectivity index (χ4n) is 3.36. The molecule has 0 aromatic carbocycles. The number of amides is 2. The van der Waals surface area contributed by atoms with Gasteiger partial charge in [0, 0.05) is 6.04 Å². The summed E-state index contributed by atoms with van der Waals surface area (Å²) >= 11 is 0. The van der Waals surface area contributed by atoms with Crippen molar-refractivity contribution in [1.29, 1.82) is 0 Å². The highest BCUT2D eigenvalue weighted by molar-refractivity contribution is 5.99. The summed E-state index contributed by atoms with van der Waals surface area (Å²) in [6.07, 6.45) is 5.55. The van der Waals surface area contributed by atoms with Crippen molar-refractivity contribution in [2.24, 2.45) is 11.8 Å². The second-order valence-electron chi connectivity index (χ2n) is 6.73. The minimum atomic E-state index is -0.703. The van der Waals surface area contributed by atoms with Gasteiger partial charge in [0.15, 0.2) is 0 Å². The molecule has 19 heavy (non-hydrogen) atoms. The molecular formula is C15H24N2O2. The Balaban J connectivity index is 1.91. The van der Waals surface area contributed by atoms with E-state index in [0.29, 0.717) is 24.3 Å². The molecule has 2 aliphatic carbocycles. The zero-order chi connectivity index (χ0) is 13.8. The molecule has 0 radical (unpaired) electrons. The van der Waals surface area contributed by atoms with Crippen molar-refractivity contribution in [3.63, 3.8) is 0 Å². The van der Waals surface area contributed by atoms with E-state index in [2.05, 4.69) is 5.32 Å². The predicted molar refractivity (Wildman–Crippen MR) is 72.4 cm³/mol. The van der Waals surface area contributed by atoms with Gasteiger partial charge in [-0.25, -0.2) is 0 Å². The monoisotopic (exact) mass is 264 g/mol. The van der Waals surface area contributed by atoms with Crippen molar-refractivity contribution in [3.05, 3.63) is 0 Å². The summed E-state index contributed by atoms with van der Waals surface area (Å²) in [5.74, 6) is 1.43. The molecule has 1 saturated heterocycles. The second-order valence-corrected chi connectivity index (χ2v) is 6.73. The summed E-state index contributed by atoms with van der Waals surface area (Å²) in [5, 5.41) is 2.92. The second kappa shape index (κ2) is 4.22. The first-order chi connectivity index (χ1) is 8.98. The summed E-state index contributed by atoms with van der Waals surface area (Å²) in [5.41, 5.74) is -0.703. The molecule has 3 aliphatic rings. The van der Waals surface area contributed by atoms with Crippen molar-refractivity contribution in [2.75, 3.05) is 0 Å². The van der Waals surface area contributed by atoms with Crippen LogP contribution >= 0.6 is 0 Å². The molecule has 4 nitrogen and oxygen atoms in total. The fraction of sp³-hybridized carbons (Fsp3) is 0.867. The van der Waals surface area contributed by atoms with E-state index in [9.17, 15) is 9.59 Å². The molecule has 106 valence electrons. The Morgan fingerprint density at radius 2 is 1.79 bits per heavy atom. The SMILES string of the molecule is CCC1(C)NC(=O)C(C)N(C(C2CC2)C2CC2)C1=O. The van der Waals surface area contributed by atoms with Gasteiger partial charge in [-0.05, 0) is 57.8 Å². The van der Waals surface area contributed by atoms with Gasteiger partial charge < -0.3 is 10.2 Å². The molecule has 0 aromatic heterocycles. The van der Waals surface area contributed by atoms with Gasteiger partial charge in [-0.1, -0.05) is 6.92 Å². The lowest BCUT2D eigenvalue weighted by molar-refractivity contribution is -0.157. The summed E-state index contributed by atoms with van der Waals surface area (Å²) in [6.45, 7) is 5.71. The molecule has 1 aliphatic heterocycles. The lowest BCUT2D eigenvalue weighted by Crippen LogP contribution is -2.70. The Bertz CT molecular complexity index is 402. The van der Waals surface area contributed by atoms with E-state index in [4.69, 9.17) is 0 Å².